The van der Waals surface area contributed by atoms with Gasteiger partial charge in [0, 0.05) is 19.6 Å². The Morgan fingerprint density at radius 3 is 2.35 bits per heavy atom. The van der Waals surface area contributed by atoms with E-state index in [1.807, 2.05) is 4.90 Å². The van der Waals surface area contributed by atoms with Gasteiger partial charge in [-0.05, 0) is 0 Å². The lowest BCUT2D eigenvalue weighted by atomic mass is 9.95. The first-order chi connectivity index (χ1) is 8.15. The van der Waals surface area contributed by atoms with Crippen molar-refractivity contribution in [3.8, 4) is 0 Å². The maximum atomic E-state index is 10.0. The Balaban J connectivity index is 2.05. The molecule has 2 aliphatic heterocycles. The van der Waals surface area contributed by atoms with Crippen LogP contribution in [0.25, 0.3) is 0 Å². The average Bonchev–Trinajstić information content (AvgIpc) is 2.35. The minimum Gasteiger partial charge on any atom is -0.388 e. The number of morpholine rings is 1. The lowest BCUT2D eigenvalue weighted by Crippen LogP contribution is -2.65. The Bertz CT molecular complexity index is 249. The summed E-state index contributed by atoms with van der Waals surface area (Å²) in [6, 6.07) is -0.628. The first-order valence-corrected chi connectivity index (χ1v) is 5.86. The number of aliphatic hydroxyl groups is 3. The quantitative estimate of drug-likeness (QED) is 0.415. The summed E-state index contributed by atoms with van der Waals surface area (Å²) in [6.45, 7) is 2.36. The van der Waals surface area contributed by atoms with E-state index < -0.39 is 30.6 Å². The SMILES string of the molecule is NC[C@H]1OC(O)[C@@H](N2CCOCC2)[C@@H](O)[C@H]1O. The van der Waals surface area contributed by atoms with Crippen LogP contribution in [0.15, 0.2) is 0 Å². The summed E-state index contributed by atoms with van der Waals surface area (Å²) in [6.07, 6.45) is -4.00. The lowest BCUT2D eigenvalue weighted by Gasteiger charge is -2.46. The Hall–Kier alpha value is -0.280. The fourth-order valence-corrected chi connectivity index (χ4v) is 2.40. The number of hydrogen-bond donors (Lipinski definition) is 4. The summed E-state index contributed by atoms with van der Waals surface area (Å²) in [5.74, 6) is 0. The maximum absolute atomic E-state index is 10.0. The minimum atomic E-state index is -1.14. The molecule has 0 aromatic rings. The van der Waals surface area contributed by atoms with Crippen LogP contribution in [0, 0.1) is 0 Å². The van der Waals surface area contributed by atoms with Crippen molar-refractivity contribution in [2.45, 2.75) is 30.6 Å². The van der Waals surface area contributed by atoms with Crippen molar-refractivity contribution >= 4 is 0 Å². The van der Waals surface area contributed by atoms with E-state index in [0.29, 0.717) is 26.3 Å². The predicted octanol–water partition coefficient (Wildman–Crippen LogP) is -2.92. The van der Waals surface area contributed by atoms with Gasteiger partial charge in [0.2, 0.25) is 0 Å². The Morgan fingerprint density at radius 1 is 1.12 bits per heavy atom. The first-order valence-electron chi connectivity index (χ1n) is 5.86. The fourth-order valence-electron chi connectivity index (χ4n) is 2.40. The molecule has 2 saturated heterocycles. The van der Waals surface area contributed by atoms with Crippen molar-refractivity contribution in [2.75, 3.05) is 32.8 Å². The molecule has 0 radical (unpaired) electrons. The highest BCUT2D eigenvalue weighted by atomic mass is 16.6. The van der Waals surface area contributed by atoms with Crippen LogP contribution in [0.4, 0.5) is 0 Å². The molecule has 0 aliphatic carbocycles. The minimum absolute atomic E-state index is 0.0606. The summed E-state index contributed by atoms with van der Waals surface area (Å²) in [7, 11) is 0. The Kier molecular flexibility index (Phi) is 4.31. The van der Waals surface area contributed by atoms with Gasteiger partial charge in [0.25, 0.3) is 0 Å². The first kappa shape index (κ1) is 13.2. The number of ether oxygens (including phenoxy) is 2. The van der Waals surface area contributed by atoms with Crippen molar-refractivity contribution < 1.29 is 24.8 Å². The molecular weight excluding hydrogens is 228 g/mol. The number of nitrogens with two attached hydrogens (primary N) is 1. The second-order valence-electron chi connectivity index (χ2n) is 4.42. The van der Waals surface area contributed by atoms with Crippen LogP contribution in [-0.2, 0) is 9.47 Å². The molecular formula is C10H20N2O5. The molecule has 0 amide bonds. The van der Waals surface area contributed by atoms with Crippen molar-refractivity contribution in [3.05, 3.63) is 0 Å². The van der Waals surface area contributed by atoms with Crippen molar-refractivity contribution in [1.29, 1.82) is 0 Å². The molecule has 5 N–H and O–H groups in total. The molecule has 0 saturated carbocycles. The standard InChI is InChI=1S/C10H20N2O5/c11-5-6-8(13)9(14)7(10(15)17-6)12-1-3-16-4-2-12/h6-10,13-15H,1-5,11H2/t6-,7+,8+,9-,10?/m1/s1. The zero-order valence-electron chi connectivity index (χ0n) is 9.60. The molecule has 0 spiro atoms. The van der Waals surface area contributed by atoms with E-state index in [9.17, 15) is 15.3 Å². The number of nitrogens with zero attached hydrogens (tertiary/aromatic N) is 1. The molecule has 0 bridgehead atoms. The molecule has 0 aromatic carbocycles. The van der Waals surface area contributed by atoms with Crippen LogP contribution >= 0.6 is 0 Å². The second kappa shape index (κ2) is 5.57. The van der Waals surface area contributed by atoms with E-state index >= 15 is 0 Å². The molecule has 17 heavy (non-hydrogen) atoms. The summed E-state index contributed by atoms with van der Waals surface area (Å²) in [5.41, 5.74) is 5.40. The number of rotatable bonds is 2. The van der Waals surface area contributed by atoms with Gasteiger partial charge in [-0.2, -0.15) is 0 Å². The van der Waals surface area contributed by atoms with E-state index in [0.717, 1.165) is 0 Å². The van der Waals surface area contributed by atoms with E-state index in [2.05, 4.69) is 0 Å². The zero-order valence-corrected chi connectivity index (χ0v) is 9.60. The Morgan fingerprint density at radius 2 is 1.76 bits per heavy atom. The van der Waals surface area contributed by atoms with E-state index in [-0.39, 0.29) is 6.54 Å². The lowest BCUT2D eigenvalue weighted by molar-refractivity contribution is -0.267. The average molecular weight is 248 g/mol. The predicted molar refractivity (Wildman–Crippen MR) is 58.1 cm³/mol. The van der Waals surface area contributed by atoms with Gasteiger partial charge >= 0.3 is 0 Å². The normalized spacial score (nSPS) is 44.8. The Labute approximate surface area is 99.7 Å². The van der Waals surface area contributed by atoms with Crippen LogP contribution in [0.3, 0.4) is 0 Å². The highest BCUT2D eigenvalue weighted by molar-refractivity contribution is 4.94. The zero-order chi connectivity index (χ0) is 12.4. The molecule has 100 valence electrons. The van der Waals surface area contributed by atoms with E-state index in [1.165, 1.54) is 0 Å². The highest BCUT2D eigenvalue weighted by Crippen LogP contribution is 2.24. The van der Waals surface area contributed by atoms with Crippen molar-refractivity contribution in [2.24, 2.45) is 5.73 Å². The van der Waals surface area contributed by atoms with Crippen LogP contribution in [0.1, 0.15) is 0 Å². The smallest absolute Gasteiger partial charge is 0.173 e. The molecule has 2 rings (SSSR count). The summed E-state index contributed by atoms with van der Waals surface area (Å²) < 4.78 is 10.4. The monoisotopic (exact) mass is 248 g/mol. The van der Waals surface area contributed by atoms with Gasteiger partial charge in [-0.15, -0.1) is 0 Å². The third-order valence-electron chi connectivity index (χ3n) is 3.39. The molecule has 5 atom stereocenters. The van der Waals surface area contributed by atoms with Crippen molar-refractivity contribution in [3.63, 3.8) is 0 Å². The third-order valence-corrected chi connectivity index (χ3v) is 3.39. The maximum Gasteiger partial charge on any atom is 0.173 e. The number of aliphatic hydroxyl groups excluding tert-OH is 3. The molecule has 7 heteroatoms. The summed E-state index contributed by atoms with van der Waals surface area (Å²) in [5, 5.41) is 29.7. The summed E-state index contributed by atoms with van der Waals surface area (Å²) >= 11 is 0. The van der Waals surface area contributed by atoms with E-state index in [1.54, 1.807) is 0 Å². The molecule has 2 aliphatic rings. The van der Waals surface area contributed by atoms with Crippen LogP contribution in [0.2, 0.25) is 0 Å². The third kappa shape index (κ3) is 2.60. The van der Waals surface area contributed by atoms with Gasteiger partial charge in [0.05, 0.1) is 19.3 Å². The van der Waals surface area contributed by atoms with Gasteiger partial charge in [0.1, 0.15) is 18.3 Å². The number of hydrogen-bond acceptors (Lipinski definition) is 7. The topological polar surface area (TPSA) is 108 Å². The molecule has 7 nitrogen and oxygen atoms in total. The highest BCUT2D eigenvalue weighted by Gasteiger charge is 2.46. The second-order valence-corrected chi connectivity index (χ2v) is 4.42. The van der Waals surface area contributed by atoms with Crippen LogP contribution in [0.5, 0.6) is 0 Å². The van der Waals surface area contributed by atoms with Crippen molar-refractivity contribution in [1.82, 2.24) is 4.90 Å². The van der Waals surface area contributed by atoms with Crippen LogP contribution < -0.4 is 5.73 Å². The molecule has 1 unspecified atom stereocenters. The van der Waals surface area contributed by atoms with E-state index in [4.69, 9.17) is 15.2 Å². The largest absolute Gasteiger partial charge is 0.388 e. The van der Waals surface area contributed by atoms with Gasteiger partial charge in [0.15, 0.2) is 6.29 Å². The van der Waals surface area contributed by atoms with Gasteiger partial charge < -0.3 is 30.5 Å². The van der Waals surface area contributed by atoms with Gasteiger partial charge in [-0.25, -0.2) is 0 Å². The molecule has 0 aromatic heterocycles. The fraction of sp³-hybridized carbons (Fsp3) is 1.00. The van der Waals surface area contributed by atoms with Gasteiger partial charge in [-0.3, -0.25) is 4.90 Å². The van der Waals surface area contributed by atoms with Crippen LogP contribution in [-0.4, -0.2) is 83.7 Å². The molecule has 2 heterocycles. The van der Waals surface area contributed by atoms with Gasteiger partial charge in [-0.1, -0.05) is 0 Å². The summed E-state index contributed by atoms with van der Waals surface area (Å²) in [4.78, 5) is 1.87. The molecule has 2 fully saturated rings.